The lowest BCUT2D eigenvalue weighted by molar-refractivity contribution is 0.359. The Balaban J connectivity index is 2.53. The maximum absolute atomic E-state index is 4.18. The maximum atomic E-state index is 4.18. The molecule has 1 N–H and O–H groups in total. The predicted octanol–water partition coefficient (Wildman–Crippen LogP) is 2.99. The molecule has 0 bridgehead atoms. The number of hydrogen-bond acceptors (Lipinski definition) is 3. The summed E-state index contributed by atoms with van der Waals surface area (Å²) in [6.45, 7) is 8.84. The van der Waals surface area contributed by atoms with Crippen molar-refractivity contribution in [3.05, 3.63) is 11.6 Å². The van der Waals surface area contributed by atoms with Gasteiger partial charge in [0.15, 0.2) is 5.13 Å². The van der Waals surface area contributed by atoms with Crippen LogP contribution in [0.2, 0.25) is 0 Å². The Bertz CT molecular complexity index is 223. The number of thiazole rings is 1. The largest absolute Gasteiger partial charge is 0.359 e. The first-order chi connectivity index (χ1) is 5.50. The van der Waals surface area contributed by atoms with Gasteiger partial charge in [0.05, 0.1) is 0 Å². The number of nitrogens with one attached hydrogen (secondary N) is 1. The van der Waals surface area contributed by atoms with Crippen molar-refractivity contribution in [2.75, 3.05) is 5.32 Å². The minimum absolute atomic E-state index is 0.283. The lowest BCUT2D eigenvalue weighted by Gasteiger charge is -2.27. The fourth-order valence-electron chi connectivity index (χ4n) is 0.696. The van der Waals surface area contributed by atoms with Crippen molar-refractivity contribution < 1.29 is 0 Å². The predicted molar refractivity (Wildman–Crippen MR) is 54.7 cm³/mol. The van der Waals surface area contributed by atoms with E-state index in [9.17, 15) is 0 Å². The molecular formula is C9H16N2S. The van der Waals surface area contributed by atoms with Crippen LogP contribution in [0.15, 0.2) is 11.6 Å². The second kappa shape index (κ2) is 3.44. The zero-order valence-corrected chi connectivity index (χ0v) is 8.90. The van der Waals surface area contributed by atoms with E-state index in [0.29, 0.717) is 6.04 Å². The van der Waals surface area contributed by atoms with E-state index < -0.39 is 0 Å². The molecule has 1 aromatic heterocycles. The smallest absolute Gasteiger partial charge is 0.182 e. The monoisotopic (exact) mass is 184 g/mol. The highest BCUT2D eigenvalue weighted by Crippen LogP contribution is 2.23. The normalized spacial score (nSPS) is 14.3. The Morgan fingerprint density at radius 3 is 2.58 bits per heavy atom. The standard InChI is InChI=1S/C9H16N2S/c1-7(9(2,3)4)11-8-10-5-6-12-8/h5-7H,1-4H3,(H,10,11). The molecule has 1 heterocycles. The molecule has 12 heavy (non-hydrogen) atoms. The molecule has 0 fully saturated rings. The van der Waals surface area contributed by atoms with Crippen LogP contribution in [0, 0.1) is 5.41 Å². The molecule has 3 heteroatoms. The molecule has 0 aromatic carbocycles. The SMILES string of the molecule is CC(Nc1nccs1)C(C)(C)C. The van der Waals surface area contributed by atoms with Crippen molar-refractivity contribution in [2.24, 2.45) is 5.41 Å². The van der Waals surface area contributed by atoms with Crippen molar-refractivity contribution in [3.63, 3.8) is 0 Å². The first-order valence-electron chi connectivity index (χ1n) is 4.16. The average molecular weight is 184 g/mol. The fourth-order valence-corrected chi connectivity index (χ4v) is 1.31. The Morgan fingerprint density at radius 1 is 1.50 bits per heavy atom. The van der Waals surface area contributed by atoms with Gasteiger partial charge in [-0.2, -0.15) is 0 Å². The van der Waals surface area contributed by atoms with E-state index in [-0.39, 0.29) is 5.41 Å². The Labute approximate surface area is 78.0 Å². The van der Waals surface area contributed by atoms with Crippen LogP contribution < -0.4 is 5.32 Å². The third-order valence-electron chi connectivity index (χ3n) is 2.07. The lowest BCUT2D eigenvalue weighted by atomic mass is 9.88. The van der Waals surface area contributed by atoms with E-state index in [1.54, 1.807) is 11.3 Å². The number of anilines is 1. The highest BCUT2D eigenvalue weighted by Gasteiger charge is 2.19. The van der Waals surface area contributed by atoms with Crippen LogP contribution in [0.25, 0.3) is 0 Å². The molecule has 1 atom stereocenters. The number of rotatable bonds is 2. The molecule has 1 aromatic rings. The van der Waals surface area contributed by atoms with Gasteiger partial charge < -0.3 is 5.32 Å². The van der Waals surface area contributed by atoms with Crippen molar-refractivity contribution in [1.82, 2.24) is 4.98 Å². The quantitative estimate of drug-likeness (QED) is 0.764. The molecule has 1 rings (SSSR count). The highest BCUT2D eigenvalue weighted by molar-refractivity contribution is 7.13. The van der Waals surface area contributed by atoms with E-state index in [4.69, 9.17) is 0 Å². The molecule has 68 valence electrons. The van der Waals surface area contributed by atoms with Crippen LogP contribution >= 0.6 is 11.3 Å². The summed E-state index contributed by atoms with van der Waals surface area (Å²) in [6, 6.07) is 0.448. The summed E-state index contributed by atoms with van der Waals surface area (Å²) in [5.41, 5.74) is 0.283. The summed E-state index contributed by atoms with van der Waals surface area (Å²) < 4.78 is 0. The van der Waals surface area contributed by atoms with Gasteiger partial charge in [0, 0.05) is 17.6 Å². The van der Waals surface area contributed by atoms with E-state index in [0.717, 1.165) is 5.13 Å². The average Bonchev–Trinajstić information content (AvgIpc) is 2.37. The molecular weight excluding hydrogens is 168 g/mol. The first kappa shape index (κ1) is 9.52. The van der Waals surface area contributed by atoms with Crippen molar-refractivity contribution in [2.45, 2.75) is 33.7 Å². The number of hydrogen-bond donors (Lipinski definition) is 1. The lowest BCUT2D eigenvalue weighted by Crippen LogP contribution is -2.30. The van der Waals surface area contributed by atoms with Gasteiger partial charge in [-0.25, -0.2) is 4.98 Å². The Kier molecular flexibility index (Phi) is 2.73. The van der Waals surface area contributed by atoms with Crippen LogP contribution in [0.3, 0.4) is 0 Å². The van der Waals surface area contributed by atoms with Crippen molar-refractivity contribution in [3.8, 4) is 0 Å². The molecule has 1 unspecified atom stereocenters. The molecule has 0 aliphatic rings. The van der Waals surface area contributed by atoms with Gasteiger partial charge >= 0.3 is 0 Å². The Hall–Kier alpha value is -0.570. The molecule has 0 aliphatic carbocycles. The van der Waals surface area contributed by atoms with Gasteiger partial charge in [0.25, 0.3) is 0 Å². The maximum Gasteiger partial charge on any atom is 0.182 e. The molecule has 2 nitrogen and oxygen atoms in total. The summed E-state index contributed by atoms with van der Waals surface area (Å²) in [4.78, 5) is 4.18. The van der Waals surface area contributed by atoms with Gasteiger partial charge in [-0.1, -0.05) is 20.8 Å². The molecule has 0 amide bonds. The van der Waals surface area contributed by atoms with Crippen LogP contribution in [0.5, 0.6) is 0 Å². The van der Waals surface area contributed by atoms with E-state index >= 15 is 0 Å². The Morgan fingerprint density at radius 2 is 2.17 bits per heavy atom. The van der Waals surface area contributed by atoms with E-state index in [2.05, 4.69) is 38.0 Å². The summed E-state index contributed by atoms with van der Waals surface area (Å²) in [5.74, 6) is 0. The van der Waals surface area contributed by atoms with Gasteiger partial charge in [-0.15, -0.1) is 11.3 Å². The number of aromatic nitrogens is 1. The third-order valence-corrected chi connectivity index (χ3v) is 2.78. The minimum Gasteiger partial charge on any atom is -0.359 e. The van der Waals surface area contributed by atoms with E-state index in [1.807, 2.05) is 11.6 Å². The fraction of sp³-hybridized carbons (Fsp3) is 0.667. The molecule has 0 saturated carbocycles. The van der Waals surface area contributed by atoms with Gasteiger partial charge in [0.2, 0.25) is 0 Å². The van der Waals surface area contributed by atoms with Gasteiger partial charge in [0.1, 0.15) is 0 Å². The molecule has 0 spiro atoms. The molecule has 0 saturated heterocycles. The molecule has 0 radical (unpaired) electrons. The van der Waals surface area contributed by atoms with Crippen LogP contribution in [-0.2, 0) is 0 Å². The zero-order chi connectivity index (χ0) is 9.19. The summed E-state index contributed by atoms with van der Waals surface area (Å²) in [5, 5.41) is 6.36. The zero-order valence-electron chi connectivity index (χ0n) is 8.09. The van der Waals surface area contributed by atoms with Crippen molar-refractivity contribution in [1.29, 1.82) is 0 Å². The van der Waals surface area contributed by atoms with Gasteiger partial charge in [-0.3, -0.25) is 0 Å². The molecule has 0 aliphatic heterocycles. The number of nitrogens with zero attached hydrogens (tertiary/aromatic N) is 1. The van der Waals surface area contributed by atoms with Crippen LogP contribution in [0.1, 0.15) is 27.7 Å². The van der Waals surface area contributed by atoms with E-state index in [1.165, 1.54) is 0 Å². The van der Waals surface area contributed by atoms with Crippen LogP contribution in [-0.4, -0.2) is 11.0 Å². The summed E-state index contributed by atoms with van der Waals surface area (Å²) in [7, 11) is 0. The first-order valence-corrected chi connectivity index (χ1v) is 5.04. The second-order valence-corrected chi connectivity index (χ2v) is 4.96. The van der Waals surface area contributed by atoms with Crippen LogP contribution in [0.4, 0.5) is 5.13 Å². The topological polar surface area (TPSA) is 24.9 Å². The van der Waals surface area contributed by atoms with Crippen molar-refractivity contribution >= 4 is 16.5 Å². The second-order valence-electron chi connectivity index (χ2n) is 4.07. The highest BCUT2D eigenvalue weighted by atomic mass is 32.1. The minimum atomic E-state index is 0.283. The summed E-state index contributed by atoms with van der Waals surface area (Å²) >= 11 is 1.65. The third kappa shape index (κ3) is 2.48. The van der Waals surface area contributed by atoms with Gasteiger partial charge in [-0.05, 0) is 12.3 Å². The summed E-state index contributed by atoms with van der Waals surface area (Å²) in [6.07, 6.45) is 1.82.